The summed E-state index contributed by atoms with van der Waals surface area (Å²) in [6.45, 7) is 4.16. The van der Waals surface area contributed by atoms with Gasteiger partial charge in [0.15, 0.2) is 0 Å². The van der Waals surface area contributed by atoms with Crippen LogP contribution in [0, 0.1) is 0 Å². The monoisotopic (exact) mass is 222 g/mol. The molecule has 1 aromatic carbocycles. The van der Waals surface area contributed by atoms with E-state index in [1.165, 1.54) is 12.7 Å². The molecule has 0 N–H and O–H groups in total. The van der Waals surface area contributed by atoms with Gasteiger partial charge in [-0.3, -0.25) is 4.89 Å². The molecule has 0 aliphatic carbocycles. The summed E-state index contributed by atoms with van der Waals surface area (Å²) in [4.78, 5) is 20.6. The highest BCUT2D eigenvalue weighted by Gasteiger charge is 2.14. The maximum absolute atomic E-state index is 11.6. The number of carbonyl (C=O) groups excluding carboxylic acids is 1. The molecule has 0 saturated carbocycles. The summed E-state index contributed by atoms with van der Waals surface area (Å²) in [6.07, 6.45) is 2.87. The first-order valence-corrected chi connectivity index (χ1v) is 5.60. The second-order valence-corrected chi connectivity index (χ2v) is 3.58. The summed E-state index contributed by atoms with van der Waals surface area (Å²) in [5, 5.41) is 0. The molecular formula is C13H18O3. The van der Waals surface area contributed by atoms with Crippen LogP contribution in [0.4, 0.5) is 0 Å². The van der Waals surface area contributed by atoms with Crippen molar-refractivity contribution in [2.24, 2.45) is 0 Å². The largest absolute Gasteiger partial charge is 0.373 e. The second-order valence-electron chi connectivity index (χ2n) is 3.58. The number of rotatable bonds is 5. The quantitative estimate of drug-likeness (QED) is 0.567. The Labute approximate surface area is 96.3 Å². The fourth-order valence-corrected chi connectivity index (χ4v) is 1.87. The van der Waals surface area contributed by atoms with E-state index >= 15 is 0 Å². The minimum absolute atomic E-state index is 0.419. The summed E-state index contributed by atoms with van der Waals surface area (Å²) in [5.41, 5.74) is 2.89. The third-order valence-corrected chi connectivity index (χ3v) is 2.52. The third kappa shape index (κ3) is 2.83. The second kappa shape index (κ2) is 6.28. The lowest BCUT2D eigenvalue weighted by Gasteiger charge is -2.11. The van der Waals surface area contributed by atoms with Gasteiger partial charge in [0.05, 0.1) is 12.7 Å². The lowest BCUT2D eigenvalue weighted by molar-refractivity contribution is -0.216. The molecule has 0 fully saturated rings. The van der Waals surface area contributed by atoms with Crippen molar-refractivity contribution in [3.05, 3.63) is 34.9 Å². The zero-order valence-corrected chi connectivity index (χ0v) is 10.1. The normalized spacial score (nSPS) is 10.2. The molecule has 1 aromatic rings. The van der Waals surface area contributed by atoms with Gasteiger partial charge >= 0.3 is 5.97 Å². The molecule has 0 amide bonds. The van der Waals surface area contributed by atoms with Gasteiger partial charge in [-0.2, -0.15) is 4.89 Å². The summed E-state index contributed by atoms with van der Waals surface area (Å²) >= 11 is 0. The molecule has 0 spiro atoms. The van der Waals surface area contributed by atoms with Crippen molar-refractivity contribution in [2.75, 3.05) is 7.11 Å². The number of aryl methyl sites for hydroxylation is 1. The number of carbonyl (C=O) groups is 1. The van der Waals surface area contributed by atoms with E-state index in [9.17, 15) is 4.79 Å². The summed E-state index contributed by atoms with van der Waals surface area (Å²) in [5.74, 6) is -0.419. The molecule has 0 aliphatic heterocycles. The van der Waals surface area contributed by atoms with Crippen molar-refractivity contribution in [2.45, 2.75) is 33.1 Å². The third-order valence-electron chi connectivity index (χ3n) is 2.52. The molecule has 0 saturated heterocycles. The highest BCUT2D eigenvalue weighted by molar-refractivity contribution is 5.91. The Morgan fingerprint density at radius 3 is 2.62 bits per heavy atom. The van der Waals surface area contributed by atoms with Crippen molar-refractivity contribution >= 4 is 5.97 Å². The smallest absolute Gasteiger partial charge is 0.293 e. The fraction of sp³-hybridized carbons (Fsp3) is 0.462. The Balaban J connectivity index is 3.08. The van der Waals surface area contributed by atoms with E-state index in [1.807, 2.05) is 13.0 Å². The average molecular weight is 222 g/mol. The minimum Gasteiger partial charge on any atom is -0.293 e. The molecule has 3 nitrogen and oxygen atoms in total. The van der Waals surface area contributed by atoms with E-state index in [4.69, 9.17) is 0 Å². The summed E-state index contributed by atoms with van der Waals surface area (Å²) < 4.78 is 0. The Morgan fingerprint density at radius 1 is 1.31 bits per heavy atom. The van der Waals surface area contributed by atoms with Crippen LogP contribution >= 0.6 is 0 Å². The molecule has 0 aliphatic rings. The lowest BCUT2D eigenvalue weighted by Crippen LogP contribution is -2.09. The van der Waals surface area contributed by atoms with Crippen LogP contribution in [-0.2, 0) is 22.6 Å². The summed E-state index contributed by atoms with van der Waals surface area (Å²) in [7, 11) is 1.33. The van der Waals surface area contributed by atoms with Crippen LogP contribution < -0.4 is 0 Å². The molecule has 16 heavy (non-hydrogen) atoms. The Bertz CT molecular complexity index is 358. The van der Waals surface area contributed by atoms with Gasteiger partial charge in [-0.25, -0.2) is 4.79 Å². The van der Waals surface area contributed by atoms with Gasteiger partial charge in [0.25, 0.3) is 0 Å². The molecule has 0 heterocycles. The van der Waals surface area contributed by atoms with Crippen LogP contribution in [0.15, 0.2) is 18.2 Å². The van der Waals surface area contributed by atoms with Gasteiger partial charge in [0.2, 0.25) is 0 Å². The minimum atomic E-state index is -0.419. The molecule has 0 atom stereocenters. The number of benzene rings is 1. The van der Waals surface area contributed by atoms with Crippen LogP contribution in [0.2, 0.25) is 0 Å². The van der Waals surface area contributed by atoms with Gasteiger partial charge in [0, 0.05) is 0 Å². The Hall–Kier alpha value is -1.35. The average Bonchev–Trinajstić information content (AvgIpc) is 2.29. The zero-order chi connectivity index (χ0) is 12.0. The molecule has 3 heteroatoms. The highest BCUT2D eigenvalue weighted by atomic mass is 17.2. The Kier molecular flexibility index (Phi) is 4.99. The van der Waals surface area contributed by atoms with Crippen molar-refractivity contribution < 1.29 is 14.6 Å². The first-order valence-electron chi connectivity index (χ1n) is 5.60. The predicted octanol–water partition coefficient (Wildman–Crippen LogP) is 2.92. The lowest BCUT2D eigenvalue weighted by atomic mass is 9.96. The van der Waals surface area contributed by atoms with Crippen LogP contribution in [0.25, 0.3) is 0 Å². The number of hydrogen-bond acceptors (Lipinski definition) is 3. The molecule has 0 bridgehead atoms. The van der Waals surface area contributed by atoms with E-state index in [-0.39, 0.29) is 0 Å². The molecule has 88 valence electrons. The van der Waals surface area contributed by atoms with Crippen molar-refractivity contribution in [1.29, 1.82) is 0 Å². The molecule has 0 radical (unpaired) electrons. The first-order chi connectivity index (χ1) is 7.74. The van der Waals surface area contributed by atoms with Gasteiger partial charge in [-0.15, -0.1) is 0 Å². The van der Waals surface area contributed by atoms with Crippen molar-refractivity contribution in [3.63, 3.8) is 0 Å². The van der Waals surface area contributed by atoms with E-state index in [0.717, 1.165) is 24.8 Å². The van der Waals surface area contributed by atoms with Gasteiger partial charge < -0.3 is 0 Å². The Morgan fingerprint density at radius 2 is 2.06 bits per heavy atom. The topological polar surface area (TPSA) is 35.5 Å². The van der Waals surface area contributed by atoms with Gasteiger partial charge in [0.1, 0.15) is 0 Å². The van der Waals surface area contributed by atoms with Crippen molar-refractivity contribution in [3.8, 4) is 0 Å². The predicted molar refractivity (Wildman–Crippen MR) is 62.2 cm³/mol. The number of hydrogen-bond donors (Lipinski definition) is 0. The van der Waals surface area contributed by atoms with E-state index in [1.54, 1.807) is 6.07 Å². The maximum Gasteiger partial charge on any atom is 0.373 e. The van der Waals surface area contributed by atoms with Crippen LogP contribution in [0.5, 0.6) is 0 Å². The molecule has 0 aromatic heterocycles. The van der Waals surface area contributed by atoms with Crippen LogP contribution in [-0.4, -0.2) is 13.1 Å². The fourth-order valence-electron chi connectivity index (χ4n) is 1.87. The van der Waals surface area contributed by atoms with Crippen molar-refractivity contribution in [1.82, 2.24) is 0 Å². The molecule has 0 unspecified atom stereocenters. The van der Waals surface area contributed by atoms with E-state index in [0.29, 0.717) is 5.56 Å². The van der Waals surface area contributed by atoms with E-state index in [2.05, 4.69) is 22.8 Å². The molecular weight excluding hydrogens is 204 g/mol. The standard InChI is InChI=1S/C13H18O3/c1-4-7-10-8-6-9-12(11(10)5-2)13(14)16-15-3/h6,8-9H,4-5,7H2,1-3H3. The van der Waals surface area contributed by atoms with Gasteiger partial charge in [-0.05, 0) is 30.0 Å². The maximum atomic E-state index is 11.6. The SMILES string of the molecule is CCCc1cccc(C(=O)OOC)c1CC. The van der Waals surface area contributed by atoms with Gasteiger partial charge in [-0.1, -0.05) is 32.4 Å². The van der Waals surface area contributed by atoms with Crippen LogP contribution in [0.1, 0.15) is 41.8 Å². The summed E-state index contributed by atoms with van der Waals surface area (Å²) in [6, 6.07) is 5.72. The zero-order valence-electron chi connectivity index (χ0n) is 10.1. The van der Waals surface area contributed by atoms with E-state index < -0.39 is 5.97 Å². The first kappa shape index (κ1) is 12.7. The van der Waals surface area contributed by atoms with Crippen LogP contribution in [0.3, 0.4) is 0 Å². The molecule has 1 rings (SSSR count). The highest BCUT2D eigenvalue weighted by Crippen LogP contribution is 2.18.